The van der Waals surface area contributed by atoms with Crippen LogP contribution >= 0.6 is 0 Å². The standard InChI is InChI=1S/C26H33NO6/c1-7-15(4)33-26(30)21-16(5)27-18-13-14(3)20(25(29)31-6)24(28)23(18)22(21)17-11-9-10-12-19(17)32-8-2/h9-12,14-15,20,22,27H,7-8,13H2,1-6H3/t14-,15+,20-,22+/m0/s1. The molecule has 33 heavy (non-hydrogen) atoms. The van der Waals surface area contributed by atoms with E-state index in [0.29, 0.717) is 47.6 Å². The molecular weight excluding hydrogens is 422 g/mol. The average Bonchev–Trinajstić information content (AvgIpc) is 2.78. The van der Waals surface area contributed by atoms with E-state index in [4.69, 9.17) is 14.2 Å². The van der Waals surface area contributed by atoms with Gasteiger partial charge in [0.2, 0.25) is 0 Å². The van der Waals surface area contributed by atoms with Gasteiger partial charge in [-0.3, -0.25) is 9.59 Å². The van der Waals surface area contributed by atoms with E-state index < -0.39 is 23.8 Å². The number of carbonyl (C=O) groups is 3. The topological polar surface area (TPSA) is 90.9 Å². The Hall–Kier alpha value is -3.09. The van der Waals surface area contributed by atoms with Gasteiger partial charge in [0.15, 0.2) is 5.78 Å². The highest BCUT2D eigenvalue weighted by molar-refractivity contribution is 6.12. The zero-order valence-corrected chi connectivity index (χ0v) is 20.2. The monoisotopic (exact) mass is 455 g/mol. The van der Waals surface area contributed by atoms with Gasteiger partial charge in [-0.1, -0.05) is 32.0 Å². The Balaban J connectivity index is 2.21. The number of para-hydroxylation sites is 1. The Morgan fingerprint density at radius 3 is 2.55 bits per heavy atom. The fourth-order valence-electron chi connectivity index (χ4n) is 4.60. The molecule has 1 aliphatic heterocycles. The highest BCUT2D eigenvalue weighted by Crippen LogP contribution is 2.47. The number of hydrogen-bond donors (Lipinski definition) is 1. The van der Waals surface area contributed by atoms with E-state index in [1.54, 1.807) is 0 Å². The number of Topliss-reactive ketones (excluding diaryl/α,β-unsaturated/α-hetero) is 1. The molecule has 1 aromatic rings. The second-order valence-corrected chi connectivity index (χ2v) is 8.63. The maximum atomic E-state index is 13.8. The Kier molecular flexibility index (Phi) is 7.61. The van der Waals surface area contributed by atoms with Crippen LogP contribution in [-0.2, 0) is 23.9 Å². The summed E-state index contributed by atoms with van der Waals surface area (Å²) in [6.07, 6.45) is 0.875. The Morgan fingerprint density at radius 2 is 1.91 bits per heavy atom. The lowest BCUT2D eigenvalue weighted by Crippen LogP contribution is -2.43. The number of esters is 2. The van der Waals surface area contributed by atoms with E-state index in [2.05, 4.69) is 5.32 Å². The molecule has 0 bridgehead atoms. The molecule has 3 rings (SSSR count). The molecule has 0 fully saturated rings. The van der Waals surface area contributed by atoms with Crippen LogP contribution in [0.1, 0.15) is 58.9 Å². The van der Waals surface area contributed by atoms with Gasteiger partial charge in [0.05, 0.1) is 31.3 Å². The fraction of sp³-hybridized carbons (Fsp3) is 0.500. The molecule has 0 radical (unpaired) electrons. The summed E-state index contributed by atoms with van der Waals surface area (Å²) in [6, 6.07) is 7.37. The quantitative estimate of drug-likeness (QED) is 0.490. The number of benzene rings is 1. The summed E-state index contributed by atoms with van der Waals surface area (Å²) in [5, 5.41) is 3.27. The number of ketones is 1. The van der Waals surface area contributed by atoms with Crippen LogP contribution in [0.2, 0.25) is 0 Å². The largest absolute Gasteiger partial charge is 0.494 e. The molecule has 1 aliphatic carbocycles. The maximum absolute atomic E-state index is 13.8. The van der Waals surface area contributed by atoms with Crippen molar-refractivity contribution in [3.63, 3.8) is 0 Å². The molecule has 0 saturated heterocycles. The molecule has 1 aromatic carbocycles. The summed E-state index contributed by atoms with van der Waals surface area (Å²) in [5.41, 5.74) is 2.80. The summed E-state index contributed by atoms with van der Waals surface area (Å²) in [5.74, 6) is -2.68. The van der Waals surface area contributed by atoms with Gasteiger partial charge in [-0.15, -0.1) is 0 Å². The Morgan fingerprint density at radius 1 is 1.21 bits per heavy atom. The molecule has 0 unspecified atom stereocenters. The van der Waals surface area contributed by atoms with E-state index >= 15 is 0 Å². The number of nitrogens with one attached hydrogen (secondary N) is 1. The predicted octanol–water partition coefficient (Wildman–Crippen LogP) is 4.04. The minimum absolute atomic E-state index is 0.236. The maximum Gasteiger partial charge on any atom is 0.337 e. The van der Waals surface area contributed by atoms with Crippen molar-refractivity contribution in [3.8, 4) is 5.75 Å². The number of ether oxygens (including phenoxy) is 3. The molecule has 178 valence electrons. The zero-order valence-electron chi connectivity index (χ0n) is 20.2. The minimum Gasteiger partial charge on any atom is -0.494 e. The third kappa shape index (κ3) is 4.68. The van der Waals surface area contributed by atoms with E-state index in [1.165, 1.54) is 7.11 Å². The van der Waals surface area contributed by atoms with Crippen LogP contribution in [0.15, 0.2) is 46.8 Å². The smallest absolute Gasteiger partial charge is 0.337 e. The minimum atomic E-state index is -0.928. The van der Waals surface area contributed by atoms with Gasteiger partial charge in [0.1, 0.15) is 11.7 Å². The SMILES string of the molecule is CCOc1ccccc1[C@@H]1C(C(=O)O[C@H](C)CC)=C(C)NC2=C1C(=O)[C@@H](C(=O)OC)[C@@H](C)C2. The number of methoxy groups -OCH3 is 1. The van der Waals surface area contributed by atoms with Crippen molar-refractivity contribution in [2.75, 3.05) is 13.7 Å². The van der Waals surface area contributed by atoms with Crippen molar-refractivity contribution in [3.05, 3.63) is 52.4 Å². The number of rotatable bonds is 7. The van der Waals surface area contributed by atoms with Gasteiger partial charge >= 0.3 is 11.9 Å². The summed E-state index contributed by atoms with van der Waals surface area (Å²) >= 11 is 0. The lowest BCUT2D eigenvalue weighted by molar-refractivity contribution is -0.151. The lowest BCUT2D eigenvalue weighted by Gasteiger charge is -2.38. The molecule has 0 amide bonds. The van der Waals surface area contributed by atoms with Crippen molar-refractivity contribution < 1.29 is 28.6 Å². The number of allylic oxidation sites excluding steroid dienone is 3. The van der Waals surface area contributed by atoms with Gasteiger partial charge < -0.3 is 19.5 Å². The first-order valence-electron chi connectivity index (χ1n) is 11.5. The van der Waals surface area contributed by atoms with E-state index in [9.17, 15) is 14.4 Å². The highest BCUT2D eigenvalue weighted by Gasteiger charge is 2.47. The van der Waals surface area contributed by atoms with E-state index in [1.807, 2.05) is 58.9 Å². The van der Waals surface area contributed by atoms with Crippen molar-refractivity contribution >= 4 is 17.7 Å². The molecule has 7 heteroatoms. The first-order chi connectivity index (χ1) is 15.7. The van der Waals surface area contributed by atoms with Gasteiger partial charge in [0, 0.05) is 22.5 Å². The normalized spacial score (nSPS) is 23.5. The first-order valence-corrected chi connectivity index (χ1v) is 11.5. The highest BCUT2D eigenvalue weighted by atomic mass is 16.5. The number of hydrogen-bond acceptors (Lipinski definition) is 7. The van der Waals surface area contributed by atoms with Crippen LogP contribution in [-0.4, -0.2) is 37.5 Å². The van der Waals surface area contributed by atoms with Crippen LogP contribution in [0.5, 0.6) is 5.75 Å². The number of dihydropyridines is 1. The Bertz CT molecular complexity index is 1010. The third-order valence-electron chi connectivity index (χ3n) is 6.38. The van der Waals surface area contributed by atoms with Gasteiger partial charge in [0.25, 0.3) is 0 Å². The lowest BCUT2D eigenvalue weighted by atomic mass is 9.69. The van der Waals surface area contributed by atoms with Crippen molar-refractivity contribution in [1.82, 2.24) is 5.32 Å². The van der Waals surface area contributed by atoms with Crippen LogP contribution in [0.4, 0.5) is 0 Å². The van der Waals surface area contributed by atoms with Crippen molar-refractivity contribution in [2.24, 2.45) is 11.8 Å². The number of carbonyl (C=O) groups excluding carboxylic acids is 3. The second-order valence-electron chi connectivity index (χ2n) is 8.63. The molecule has 7 nitrogen and oxygen atoms in total. The average molecular weight is 456 g/mol. The molecule has 0 aromatic heterocycles. The predicted molar refractivity (Wildman–Crippen MR) is 123 cm³/mol. The zero-order chi connectivity index (χ0) is 24.3. The molecule has 1 N–H and O–H groups in total. The third-order valence-corrected chi connectivity index (χ3v) is 6.38. The van der Waals surface area contributed by atoms with E-state index in [0.717, 1.165) is 5.70 Å². The van der Waals surface area contributed by atoms with Crippen molar-refractivity contribution in [2.45, 2.75) is 59.5 Å². The van der Waals surface area contributed by atoms with Crippen LogP contribution < -0.4 is 10.1 Å². The molecule has 0 saturated carbocycles. The summed E-state index contributed by atoms with van der Waals surface area (Å²) < 4.78 is 16.5. The molecule has 0 spiro atoms. The van der Waals surface area contributed by atoms with Crippen LogP contribution in [0.25, 0.3) is 0 Å². The van der Waals surface area contributed by atoms with Gasteiger partial charge in [-0.2, -0.15) is 0 Å². The molecule has 4 atom stereocenters. The molecule has 2 aliphatic rings. The first kappa shape index (κ1) is 24.6. The van der Waals surface area contributed by atoms with Crippen LogP contribution in [0, 0.1) is 11.8 Å². The summed E-state index contributed by atoms with van der Waals surface area (Å²) in [6.45, 7) is 9.75. The second kappa shape index (κ2) is 10.2. The molecular formula is C26H33NO6. The van der Waals surface area contributed by atoms with Gasteiger partial charge in [-0.05, 0) is 45.6 Å². The Labute approximate surface area is 195 Å². The van der Waals surface area contributed by atoms with E-state index in [-0.39, 0.29) is 17.8 Å². The van der Waals surface area contributed by atoms with Crippen molar-refractivity contribution in [1.29, 1.82) is 0 Å². The van der Waals surface area contributed by atoms with Gasteiger partial charge in [-0.25, -0.2) is 4.79 Å². The van der Waals surface area contributed by atoms with Crippen LogP contribution in [0.3, 0.4) is 0 Å². The molecule has 1 heterocycles. The fourth-order valence-corrected chi connectivity index (χ4v) is 4.60. The summed E-state index contributed by atoms with van der Waals surface area (Å²) in [4.78, 5) is 39.6. The summed E-state index contributed by atoms with van der Waals surface area (Å²) in [7, 11) is 1.28.